The molecule has 0 aromatic heterocycles. The third-order valence-electron chi connectivity index (χ3n) is 1.36. The van der Waals surface area contributed by atoms with Gasteiger partial charge in [-0.25, -0.2) is 0 Å². The zero-order chi connectivity index (χ0) is 10.7. The van der Waals surface area contributed by atoms with E-state index in [9.17, 15) is 0 Å². The van der Waals surface area contributed by atoms with Crippen molar-refractivity contribution in [1.29, 1.82) is 0 Å². The Bertz CT molecular complexity index is 114. The molecule has 0 saturated heterocycles. The predicted molar refractivity (Wildman–Crippen MR) is 45.1 cm³/mol. The Morgan fingerprint density at radius 2 is 2.00 bits per heavy atom. The Morgan fingerprint density at radius 3 is 2.31 bits per heavy atom. The molecular weight excluding hydrogens is 208 g/mol. The molecule has 13 heavy (non-hydrogen) atoms. The summed E-state index contributed by atoms with van der Waals surface area (Å²) in [5, 5.41) is 13.6. The molecule has 0 atom stereocenters. The van der Waals surface area contributed by atoms with Crippen LogP contribution in [0.15, 0.2) is 0 Å². The van der Waals surface area contributed by atoms with Crippen molar-refractivity contribution < 1.29 is 31.7 Å². The van der Waals surface area contributed by atoms with Gasteiger partial charge in [0, 0.05) is 19.1 Å². The maximum absolute atomic E-state index is 9.15. The van der Waals surface area contributed by atoms with Crippen LogP contribution >= 0.6 is 0 Å². The molecule has 0 unspecified atom stereocenters. The van der Waals surface area contributed by atoms with Gasteiger partial charge in [0.25, 0.3) is 0 Å². The molecule has 79 valence electrons. The molecule has 0 aromatic rings. The molecule has 0 heterocycles. The molecule has 0 saturated carbocycles. The molecule has 0 aliphatic heterocycles. The van der Waals surface area contributed by atoms with Crippen LogP contribution in [0.5, 0.6) is 0 Å². The molecule has 0 spiro atoms. The van der Waals surface area contributed by atoms with Gasteiger partial charge in [-0.05, 0) is 20.4 Å². The van der Waals surface area contributed by atoms with Crippen molar-refractivity contribution in [1.82, 2.24) is 10.4 Å². The fraction of sp³-hybridized carbons (Fsp3) is 1.00. The van der Waals surface area contributed by atoms with E-state index in [1.807, 2.05) is 13.8 Å². The first-order valence-corrected chi connectivity index (χ1v) is 5.61. The minimum absolute atomic E-state index is 0.221. The number of rotatable bonds is 5. The number of nitrogens with zero attached hydrogens (tertiary/aromatic N) is 1. The van der Waals surface area contributed by atoms with Crippen LogP contribution in [0.25, 0.3) is 0 Å². The van der Waals surface area contributed by atoms with E-state index in [0.717, 1.165) is 13.1 Å². The number of hydroxylamine groups is 2. The van der Waals surface area contributed by atoms with Crippen LogP contribution in [-0.2, 0) is 22.8 Å². The molecule has 5 nitrogen and oxygen atoms in total. The Kier molecular flexibility index (Phi) is 15.0. The second kappa shape index (κ2) is 12.4. The first kappa shape index (κ1) is 15.8. The summed E-state index contributed by atoms with van der Waals surface area (Å²) in [6.07, 6.45) is 0. The summed E-state index contributed by atoms with van der Waals surface area (Å²) < 4.78 is 15.8. The van der Waals surface area contributed by atoms with Gasteiger partial charge in [0.05, 0.1) is 0 Å². The van der Waals surface area contributed by atoms with Gasteiger partial charge in [-0.2, -0.15) is 5.06 Å². The molecule has 0 bridgehead atoms. The molecule has 0 aromatic carbocycles. The molecule has 0 fully saturated rings. The molecule has 0 aliphatic carbocycles. The fourth-order valence-electron chi connectivity index (χ4n) is 0.629. The van der Waals surface area contributed by atoms with Gasteiger partial charge in [-0.1, -0.05) is 6.92 Å². The first-order chi connectivity index (χ1) is 6.09. The van der Waals surface area contributed by atoms with Crippen LogP contribution in [0.2, 0.25) is 0 Å². The fourth-order valence-corrected chi connectivity index (χ4v) is 0.629. The normalized spacial score (nSPS) is 9.46. The van der Waals surface area contributed by atoms with E-state index in [4.69, 9.17) is 12.2 Å². The number of hydrogen-bond donors (Lipinski definition) is 3. The number of likely N-dealkylation sites (N-methyl/N-ethyl adjacent to an activating group) is 1. The summed E-state index contributed by atoms with van der Waals surface area (Å²) in [5.41, 5.74) is 0. The van der Waals surface area contributed by atoms with Crippen LogP contribution in [-0.4, -0.2) is 39.6 Å². The monoisotopic (exact) mass is 227 g/mol. The van der Waals surface area contributed by atoms with Gasteiger partial charge in [0.2, 0.25) is 0 Å². The summed E-state index contributed by atoms with van der Waals surface area (Å²) in [6, 6.07) is 0.221. The minimum atomic E-state index is -1.75. The maximum atomic E-state index is 9.15. The number of hydrogen-bond acceptors (Lipinski definition) is 4. The summed E-state index contributed by atoms with van der Waals surface area (Å²) in [4.78, 5) is 0. The van der Waals surface area contributed by atoms with Crippen LogP contribution in [0.4, 0.5) is 0 Å². The molecule has 0 amide bonds. The van der Waals surface area contributed by atoms with E-state index >= 15 is 0 Å². The summed E-state index contributed by atoms with van der Waals surface area (Å²) in [6.45, 7) is 8.50. The van der Waals surface area contributed by atoms with Crippen molar-refractivity contribution in [3.8, 4) is 0 Å². The third kappa shape index (κ3) is 15.1. The number of nitrogens with one attached hydrogen (secondary N) is 1. The van der Waals surface area contributed by atoms with Crippen molar-refractivity contribution >= 4 is 0 Å². The van der Waals surface area contributed by atoms with Gasteiger partial charge in [-0.15, -0.1) is 0 Å². The molecule has 0 radical (unpaired) electrons. The van der Waals surface area contributed by atoms with E-state index in [0.29, 0.717) is 6.54 Å². The molecule has 0 rings (SSSR count). The van der Waals surface area contributed by atoms with E-state index < -0.39 is 19.5 Å². The Balaban J connectivity index is 0. The molecule has 3 N–H and O–H groups in total. The van der Waals surface area contributed by atoms with Crippen molar-refractivity contribution in [2.75, 3.05) is 19.6 Å². The third-order valence-corrected chi connectivity index (χ3v) is 1.36. The SMILES string of the molecule is CCNCCN(O)C(C)C.[O]=[Ti][OH]. The van der Waals surface area contributed by atoms with E-state index in [1.165, 1.54) is 5.06 Å². The van der Waals surface area contributed by atoms with Crippen LogP contribution in [0.1, 0.15) is 20.8 Å². The molecular formula is C7H19N2O3Ti. The van der Waals surface area contributed by atoms with Crippen LogP contribution < -0.4 is 5.32 Å². The van der Waals surface area contributed by atoms with Crippen molar-refractivity contribution in [2.24, 2.45) is 0 Å². The summed E-state index contributed by atoms with van der Waals surface area (Å²) in [5.74, 6) is 0. The Hall–Kier alpha value is 0.354. The van der Waals surface area contributed by atoms with Crippen molar-refractivity contribution in [2.45, 2.75) is 26.8 Å². The van der Waals surface area contributed by atoms with Gasteiger partial charge >= 0.3 is 26.5 Å². The van der Waals surface area contributed by atoms with Crippen molar-refractivity contribution in [3.63, 3.8) is 0 Å². The molecule has 6 heteroatoms. The van der Waals surface area contributed by atoms with E-state index in [2.05, 4.69) is 12.2 Å². The molecule has 0 aliphatic rings. The van der Waals surface area contributed by atoms with Gasteiger partial charge < -0.3 is 10.5 Å². The quantitative estimate of drug-likeness (QED) is 0.350. The Morgan fingerprint density at radius 1 is 1.54 bits per heavy atom. The van der Waals surface area contributed by atoms with Crippen LogP contribution in [0, 0.1) is 0 Å². The van der Waals surface area contributed by atoms with E-state index in [1.54, 1.807) is 0 Å². The van der Waals surface area contributed by atoms with Crippen molar-refractivity contribution in [3.05, 3.63) is 0 Å². The summed E-state index contributed by atoms with van der Waals surface area (Å²) in [7, 11) is 0. The van der Waals surface area contributed by atoms with Gasteiger partial charge in [0.1, 0.15) is 0 Å². The van der Waals surface area contributed by atoms with Gasteiger partial charge in [0.15, 0.2) is 0 Å². The van der Waals surface area contributed by atoms with E-state index in [-0.39, 0.29) is 6.04 Å². The summed E-state index contributed by atoms with van der Waals surface area (Å²) >= 11 is -1.75. The topological polar surface area (TPSA) is 72.8 Å². The average Bonchev–Trinajstić information content (AvgIpc) is 2.06. The standard InChI is InChI=1S/C7H18N2O.H2O.O.Ti/c1-4-8-5-6-9(10)7(2)3;;;/h7-8,10H,4-6H2,1-3H3;1H2;;/q;;;+1/p-1. The second-order valence-corrected chi connectivity index (χ2v) is 2.99. The first-order valence-electron chi connectivity index (χ1n) is 4.27. The Labute approximate surface area is 88.8 Å². The average molecular weight is 227 g/mol. The zero-order valence-electron chi connectivity index (χ0n) is 8.45. The predicted octanol–water partition coefficient (Wildman–Crippen LogP) is 0.0172. The second-order valence-electron chi connectivity index (χ2n) is 2.70. The van der Waals surface area contributed by atoms with Crippen LogP contribution in [0.3, 0.4) is 0 Å². The zero-order valence-corrected chi connectivity index (χ0v) is 10.0. The van der Waals surface area contributed by atoms with Gasteiger partial charge in [-0.3, -0.25) is 0 Å².